The summed E-state index contributed by atoms with van der Waals surface area (Å²) in [5.74, 6) is 0. The van der Waals surface area contributed by atoms with E-state index < -0.39 is 0 Å². The lowest BCUT2D eigenvalue weighted by Crippen LogP contribution is -2.29. The minimum Gasteiger partial charge on any atom is -0.315 e. The van der Waals surface area contributed by atoms with Crippen molar-refractivity contribution in [3.05, 3.63) is 10.6 Å². The Labute approximate surface area is 95.8 Å². The summed E-state index contributed by atoms with van der Waals surface area (Å²) in [6.45, 7) is 8.38. The minimum absolute atomic E-state index is 0.956. The first-order chi connectivity index (χ1) is 7.24. The van der Waals surface area contributed by atoms with E-state index in [1.807, 2.05) is 6.92 Å². The highest BCUT2D eigenvalue weighted by Crippen LogP contribution is 2.10. The van der Waals surface area contributed by atoms with Gasteiger partial charge in [-0.1, -0.05) is 11.4 Å². The van der Waals surface area contributed by atoms with E-state index in [-0.39, 0.29) is 0 Å². The van der Waals surface area contributed by atoms with Crippen LogP contribution in [0.3, 0.4) is 0 Å². The Balaban J connectivity index is 2.18. The highest BCUT2D eigenvalue weighted by atomic mass is 32.1. The molecular weight excluding hydrogens is 208 g/mol. The zero-order valence-corrected chi connectivity index (χ0v) is 10.6. The highest BCUT2D eigenvalue weighted by molar-refractivity contribution is 7.05. The third-order valence-corrected chi connectivity index (χ3v) is 3.06. The lowest BCUT2D eigenvalue weighted by atomic mass is 10.3. The lowest BCUT2D eigenvalue weighted by molar-refractivity contribution is 0.326. The molecular formula is C10H20N4S. The first-order valence-corrected chi connectivity index (χ1v) is 6.18. The van der Waals surface area contributed by atoms with Crippen LogP contribution >= 0.6 is 11.5 Å². The van der Waals surface area contributed by atoms with Gasteiger partial charge in [0.25, 0.3) is 0 Å². The Hall–Kier alpha value is -0.520. The van der Waals surface area contributed by atoms with Crippen LogP contribution in [0.2, 0.25) is 0 Å². The molecule has 0 aliphatic carbocycles. The van der Waals surface area contributed by atoms with Crippen molar-refractivity contribution in [3.8, 4) is 0 Å². The molecule has 1 aromatic heterocycles. The van der Waals surface area contributed by atoms with E-state index >= 15 is 0 Å². The largest absolute Gasteiger partial charge is 0.315 e. The Morgan fingerprint density at radius 3 is 2.80 bits per heavy atom. The van der Waals surface area contributed by atoms with Gasteiger partial charge in [-0.2, -0.15) is 0 Å². The number of nitrogens with one attached hydrogen (secondary N) is 1. The van der Waals surface area contributed by atoms with Gasteiger partial charge in [-0.15, -0.1) is 5.10 Å². The Morgan fingerprint density at radius 1 is 1.40 bits per heavy atom. The van der Waals surface area contributed by atoms with Crippen LogP contribution < -0.4 is 5.32 Å². The van der Waals surface area contributed by atoms with Gasteiger partial charge in [0.1, 0.15) is 0 Å². The van der Waals surface area contributed by atoms with Gasteiger partial charge in [0, 0.05) is 19.6 Å². The fraction of sp³-hybridized carbons (Fsp3) is 0.800. The number of aryl methyl sites for hydroxylation is 1. The van der Waals surface area contributed by atoms with E-state index in [0.29, 0.717) is 0 Å². The lowest BCUT2D eigenvalue weighted by Gasteiger charge is -2.15. The zero-order valence-electron chi connectivity index (χ0n) is 9.79. The van der Waals surface area contributed by atoms with Crippen molar-refractivity contribution in [1.29, 1.82) is 0 Å². The van der Waals surface area contributed by atoms with Gasteiger partial charge in [-0.05, 0) is 38.5 Å². The molecule has 0 fully saturated rings. The molecule has 0 aliphatic rings. The van der Waals surface area contributed by atoms with Crippen molar-refractivity contribution in [2.45, 2.75) is 26.8 Å². The van der Waals surface area contributed by atoms with Gasteiger partial charge >= 0.3 is 0 Å². The van der Waals surface area contributed by atoms with Crippen molar-refractivity contribution in [3.63, 3.8) is 0 Å². The molecule has 0 aliphatic heterocycles. The quantitative estimate of drug-likeness (QED) is 0.714. The SMILES string of the molecule is CCCNCCN(C)Cc1snnc1C. The van der Waals surface area contributed by atoms with Gasteiger partial charge in [0.15, 0.2) is 0 Å². The first-order valence-electron chi connectivity index (χ1n) is 5.41. The third kappa shape index (κ3) is 4.68. The Bertz CT molecular complexity index is 274. The standard InChI is InChI=1S/C10H20N4S/c1-4-5-11-6-7-14(3)8-10-9(2)12-13-15-10/h11H,4-8H2,1-3H3. The fourth-order valence-electron chi connectivity index (χ4n) is 1.29. The van der Waals surface area contributed by atoms with E-state index in [2.05, 4.69) is 33.8 Å². The Kier molecular flexibility index (Phi) is 5.75. The average molecular weight is 228 g/mol. The van der Waals surface area contributed by atoms with E-state index in [9.17, 15) is 0 Å². The molecule has 0 unspecified atom stereocenters. The second-order valence-electron chi connectivity index (χ2n) is 3.77. The maximum absolute atomic E-state index is 4.01. The number of hydrogen-bond donors (Lipinski definition) is 1. The highest BCUT2D eigenvalue weighted by Gasteiger charge is 2.05. The molecule has 0 aromatic carbocycles. The van der Waals surface area contributed by atoms with Crippen LogP contribution in [0, 0.1) is 6.92 Å². The number of hydrogen-bond acceptors (Lipinski definition) is 5. The first kappa shape index (κ1) is 12.5. The predicted molar refractivity (Wildman–Crippen MR) is 64.1 cm³/mol. The predicted octanol–water partition coefficient (Wildman–Crippen LogP) is 1.28. The van der Waals surface area contributed by atoms with Gasteiger partial charge in [0.05, 0.1) is 10.6 Å². The summed E-state index contributed by atoms with van der Waals surface area (Å²) in [7, 11) is 2.13. The van der Waals surface area contributed by atoms with E-state index in [1.165, 1.54) is 22.8 Å². The minimum atomic E-state index is 0.956. The van der Waals surface area contributed by atoms with Crippen molar-refractivity contribution < 1.29 is 0 Å². The molecule has 4 nitrogen and oxygen atoms in total. The molecule has 86 valence electrons. The fourth-order valence-corrected chi connectivity index (χ4v) is 2.00. The number of aromatic nitrogens is 2. The van der Waals surface area contributed by atoms with Gasteiger partial charge in [-0.25, -0.2) is 0 Å². The number of likely N-dealkylation sites (N-methyl/N-ethyl adjacent to an activating group) is 1. The number of rotatable bonds is 7. The summed E-state index contributed by atoms with van der Waals surface area (Å²) in [6, 6.07) is 0. The molecule has 0 saturated heterocycles. The molecule has 0 spiro atoms. The van der Waals surface area contributed by atoms with Gasteiger partial charge in [0.2, 0.25) is 0 Å². The zero-order chi connectivity index (χ0) is 11.1. The molecule has 0 saturated carbocycles. The van der Waals surface area contributed by atoms with Crippen LogP contribution in [-0.2, 0) is 6.54 Å². The average Bonchev–Trinajstić information content (AvgIpc) is 2.59. The van der Waals surface area contributed by atoms with Gasteiger partial charge < -0.3 is 5.32 Å². The summed E-state index contributed by atoms with van der Waals surface area (Å²) in [5.41, 5.74) is 1.06. The van der Waals surface area contributed by atoms with Gasteiger partial charge in [-0.3, -0.25) is 4.90 Å². The maximum Gasteiger partial charge on any atom is 0.0769 e. The van der Waals surface area contributed by atoms with E-state index in [0.717, 1.165) is 31.9 Å². The molecule has 0 bridgehead atoms. The topological polar surface area (TPSA) is 41.0 Å². The van der Waals surface area contributed by atoms with Crippen LogP contribution in [0.15, 0.2) is 0 Å². The molecule has 1 N–H and O–H groups in total. The van der Waals surface area contributed by atoms with Crippen LogP contribution in [0.4, 0.5) is 0 Å². The van der Waals surface area contributed by atoms with E-state index in [1.54, 1.807) is 0 Å². The third-order valence-electron chi connectivity index (χ3n) is 2.26. The summed E-state index contributed by atoms with van der Waals surface area (Å²) in [5, 5.41) is 7.40. The molecule has 1 heterocycles. The van der Waals surface area contributed by atoms with Crippen LogP contribution in [-0.4, -0.2) is 41.2 Å². The van der Waals surface area contributed by atoms with E-state index in [4.69, 9.17) is 0 Å². The van der Waals surface area contributed by atoms with Crippen molar-refractivity contribution in [2.24, 2.45) is 0 Å². The van der Waals surface area contributed by atoms with Crippen molar-refractivity contribution in [1.82, 2.24) is 19.8 Å². The Morgan fingerprint density at radius 2 is 2.20 bits per heavy atom. The smallest absolute Gasteiger partial charge is 0.0769 e. The molecule has 1 aromatic rings. The summed E-state index contributed by atoms with van der Waals surface area (Å²) >= 11 is 1.50. The molecule has 15 heavy (non-hydrogen) atoms. The monoisotopic (exact) mass is 228 g/mol. The van der Waals surface area contributed by atoms with Crippen LogP contribution in [0.5, 0.6) is 0 Å². The number of nitrogens with zero attached hydrogens (tertiary/aromatic N) is 3. The molecule has 0 atom stereocenters. The second-order valence-corrected chi connectivity index (χ2v) is 4.61. The molecule has 0 radical (unpaired) electrons. The van der Waals surface area contributed by atoms with Crippen molar-refractivity contribution in [2.75, 3.05) is 26.7 Å². The molecule has 5 heteroatoms. The summed E-state index contributed by atoms with van der Waals surface area (Å²) < 4.78 is 3.93. The van der Waals surface area contributed by atoms with Crippen LogP contribution in [0.25, 0.3) is 0 Å². The molecule has 1 rings (SSSR count). The summed E-state index contributed by atoms with van der Waals surface area (Å²) in [6.07, 6.45) is 1.20. The maximum atomic E-state index is 4.01. The summed E-state index contributed by atoms with van der Waals surface area (Å²) in [4.78, 5) is 3.57. The van der Waals surface area contributed by atoms with Crippen LogP contribution in [0.1, 0.15) is 23.9 Å². The normalized spacial score (nSPS) is 11.2. The second kappa shape index (κ2) is 6.87. The molecule has 0 amide bonds. The van der Waals surface area contributed by atoms with Crippen molar-refractivity contribution >= 4 is 11.5 Å².